The second-order valence-electron chi connectivity index (χ2n) is 10.3. The van der Waals surface area contributed by atoms with Gasteiger partial charge in [-0.05, 0) is 91.0 Å². The van der Waals surface area contributed by atoms with E-state index in [4.69, 9.17) is 0 Å². The van der Waals surface area contributed by atoms with Gasteiger partial charge in [-0.3, -0.25) is 4.79 Å². The van der Waals surface area contributed by atoms with E-state index < -0.39 is 6.10 Å². The molecule has 198 valence electrons. The van der Waals surface area contributed by atoms with Crippen LogP contribution in [-0.2, 0) is 6.42 Å². The van der Waals surface area contributed by atoms with Crippen LogP contribution in [0.1, 0.15) is 28.4 Å². The highest BCUT2D eigenvalue weighted by Gasteiger charge is 2.15. The molecular formula is C34H35N3O2. The van der Waals surface area contributed by atoms with Crippen LogP contribution in [0.25, 0.3) is 22.0 Å². The number of H-pyrrole nitrogens is 1. The largest absolute Gasteiger partial charge is 0.387 e. The second-order valence-corrected chi connectivity index (χ2v) is 10.3. The number of aromatic nitrogens is 1. The molecule has 0 bridgehead atoms. The second kappa shape index (κ2) is 11.7. The third kappa shape index (κ3) is 6.28. The highest BCUT2D eigenvalue weighted by molar-refractivity contribution is 5.85. The summed E-state index contributed by atoms with van der Waals surface area (Å²) in [6, 6.07) is 32.7. The van der Waals surface area contributed by atoms with Crippen LogP contribution < -0.4 is 10.9 Å². The first-order valence-electron chi connectivity index (χ1n) is 13.4. The average Bonchev–Trinajstić information content (AvgIpc) is 2.94. The number of hydrogen-bond acceptors (Lipinski definition) is 4. The first-order valence-corrected chi connectivity index (χ1v) is 13.4. The number of likely N-dealkylation sites (N-methyl/N-ethyl adjacent to an activating group) is 1. The molecule has 39 heavy (non-hydrogen) atoms. The van der Waals surface area contributed by atoms with E-state index in [1.54, 1.807) is 6.07 Å². The van der Waals surface area contributed by atoms with Gasteiger partial charge in [0.2, 0.25) is 5.56 Å². The molecule has 0 fully saturated rings. The lowest BCUT2D eigenvalue weighted by molar-refractivity contribution is 0.128. The molecule has 0 radical (unpaired) electrons. The van der Waals surface area contributed by atoms with Gasteiger partial charge in [-0.15, -0.1) is 0 Å². The van der Waals surface area contributed by atoms with Crippen LogP contribution in [0.15, 0.2) is 102 Å². The van der Waals surface area contributed by atoms with Gasteiger partial charge < -0.3 is 20.3 Å². The Labute approximate surface area is 229 Å². The predicted molar refractivity (Wildman–Crippen MR) is 162 cm³/mol. The molecule has 4 aromatic carbocycles. The van der Waals surface area contributed by atoms with Crippen molar-refractivity contribution in [3.63, 3.8) is 0 Å². The first-order chi connectivity index (χ1) is 18.9. The number of hydrogen-bond donors (Lipinski definition) is 3. The van der Waals surface area contributed by atoms with Crippen molar-refractivity contribution in [2.75, 3.05) is 25.5 Å². The van der Waals surface area contributed by atoms with Gasteiger partial charge in [-0.1, -0.05) is 60.7 Å². The maximum atomic E-state index is 11.8. The van der Waals surface area contributed by atoms with Crippen LogP contribution in [0.4, 0.5) is 11.4 Å². The van der Waals surface area contributed by atoms with Crippen LogP contribution >= 0.6 is 0 Å². The molecule has 5 nitrogen and oxygen atoms in total. The molecule has 0 spiro atoms. The Morgan fingerprint density at radius 3 is 2.33 bits per heavy atom. The van der Waals surface area contributed by atoms with Gasteiger partial charge in [0.1, 0.15) is 0 Å². The van der Waals surface area contributed by atoms with E-state index in [2.05, 4.69) is 88.9 Å². The van der Waals surface area contributed by atoms with Crippen molar-refractivity contribution in [3.05, 3.63) is 130 Å². The number of aromatic amines is 1. The lowest BCUT2D eigenvalue weighted by atomic mass is 10.00. The molecule has 5 heteroatoms. The lowest BCUT2D eigenvalue weighted by Crippen LogP contribution is -2.27. The highest BCUT2D eigenvalue weighted by Crippen LogP contribution is 2.28. The molecule has 0 aliphatic rings. The quantitative estimate of drug-likeness (QED) is 0.202. The van der Waals surface area contributed by atoms with E-state index in [9.17, 15) is 9.90 Å². The van der Waals surface area contributed by atoms with Gasteiger partial charge in [0.05, 0.1) is 11.6 Å². The minimum Gasteiger partial charge on any atom is -0.387 e. The van der Waals surface area contributed by atoms with Gasteiger partial charge in [0.25, 0.3) is 0 Å². The predicted octanol–water partition coefficient (Wildman–Crippen LogP) is 6.76. The molecule has 1 atom stereocenters. The van der Waals surface area contributed by atoms with E-state index in [0.29, 0.717) is 6.54 Å². The van der Waals surface area contributed by atoms with Gasteiger partial charge in [-0.2, -0.15) is 0 Å². The maximum absolute atomic E-state index is 11.8. The number of aliphatic hydroxyl groups excluding tert-OH is 1. The Balaban J connectivity index is 1.18. The molecule has 3 N–H and O–H groups in total. The minimum atomic E-state index is -0.647. The van der Waals surface area contributed by atoms with Gasteiger partial charge in [0, 0.05) is 35.9 Å². The van der Waals surface area contributed by atoms with Crippen molar-refractivity contribution in [2.45, 2.75) is 26.4 Å². The van der Waals surface area contributed by atoms with E-state index in [0.717, 1.165) is 46.4 Å². The maximum Gasteiger partial charge on any atom is 0.248 e. The third-order valence-corrected chi connectivity index (χ3v) is 7.33. The van der Waals surface area contributed by atoms with E-state index in [1.807, 2.05) is 32.2 Å². The van der Waals surface area contributed by atoms with Crippen LogP contribution in [0.2, 0.25) is 0 Å². The van der Waals surface area contributed by atoms with Gasteiger partial charge in [-0.25, -0.2) is 0 Å². The highest BCUT2D eigenvalue weighted by atomic mass is 16.3. The minimum absolute atomic E-state index is 0.133. The van der Waals surface area contributed by atoms with Crippen molar-refractivity contribution in [2.24, 2.45) is 0 Å². The molecule has 1 aromatic heterocycles. The number of aryl methyl sites for hydroxylation is 2. The SMILES string of the molecule is Cc1ccc(Nc2ccc(CCN(C)CC(O)c3ccc(C)c4[nH]c(=O)ccc34)cc2)cc1-c1ccccc1. The van der Waals surface area contributed by atoms with E-state index in [1.165, 1.54) is 28.3 Å². The molecule has 0 amide bonds. The van der Waals surface area contributed by atoms with Crippen molar-refractivity contribution in [1.29, 1.82) is 0 Å². The van der Waals surface area contributed by atoms with Crippen LogP contribution in [-0.4, -0.2) is 35.1 Å². The smallest absolute Gasteiger partial charge is 0.248 e. The summed E-state index contributed by atoms with van der Waals surface area (Å²) in [7, 11) is 2.03. The molecule has 5 rings (SSSR count). The number of pyridine rings is 1. The standard InChI is InChI=1S/C34H35N3O2/c1-23-9-13-28(21-31(23)26-7-5-4-6-8-26)35-27-14-11-25(12-15-27)19-20-37(3)22-32(38)29-16-10-24(2)34-30(29)17-18-33(39)36-34/h4-18,21,32,35,38H,19-20,22H2,1-3H3,(H,36,39). The van der Waals surface area contributed by atoms with Crippen molar-refractivity contribution in [3.8, 4) is 11.1 Å². The zero-order valence-corrected chi connectivity index (χ0v) is 22.7. The lowest BCUT2D eigenvalue weighted by Gasteiger charge is -2.22. The molecule has 1 unspecified atom stereocenters. The van der Waals surface area contributed by atoms with Crippen molar-refractivity contribution >= 4 is 22.3 Å². The fourth-order valence-electron chi connectivity index (χ4n) is 5.06. The van der Waals surface area contributed by atoms with Crippen LogP contribution in [0, 0.1) is 13.8 Å². The normalized spacial score (nSPS) is 12.1. The summed E-state index contributed by atoms with van der Waals surface area (Å²) in [6.45, 7) is 5.43. The first kappa shape index (κ1) is 26.4. The number of benzene rings is 4. The summed E-state index contributed by atoms with van der Waals surface area (Å²) in [6.07, 6.45) is 0.236. The Bertz CT molecular complexity index is 1630. The molecule has 0 saturated heterocycles. The Morgan fingerprint density at radius 2 is 1.56 bits per heavy atom. The molecule has 0 aliphatic carbocycles. The average molecular weight is 518 g/mol. The molecular weight excluding hydrogens is 482 g/mol. The third-order valence-electron chi connectivity index (χ3n) is 7.33. The summed E-state index contributed by atoms with van der Waals surface area (Å²) in [5.41, 5.74) is 9.54. The Morgan fingerprint density at radius 1 is 0.846 bits per heavy atom. The summed E-state index contributed by atoms with van der Waals surface area (Å²) in [5, 5.41) is 15.4. The topological polar surface area (TPSA) is 68.4 Å². The number of anilines is 2. The van der Waals surface area contributed by atoms with E-state index >= 15 is 0 Å². The summed E-state index contributed by atoms with van der Waals surface area (Å²) in [4.78, 5) is 16.8. The number of aliphatic hydroxyl groups is 1. The van der Waals surface area contributed by atoms with Crippen LogP contribution in [0.5, 0.6) is 0 Å². The molecule has 0 saturated carbocycles. The summed E-state index contributed by atoms with van der Waals surface area (Å²) in [5.74, 6) is 0. The van der Waals surface area contributed by atoms with Crippen LogP contribution in [0.3, 0.4) is 0 Å². The van der Waals surface area contributed by atoms with Gasteiger partial charge >= 0.3 is 0 Å². The van der Waals surface area contributed by atoms with Gasteiger partial charge in [0.15, 0.2) is 0 Å². The van der Waals surface area contributed by atoms with Crippen molar-refractivity contribution in [1.82, 2.24) is 9.88 Å². The fourth-order valence-corrected chi connectivity index (χ4v) is 5.06. The number of fused-ring (bicyclic) bond motifs is 1. The molecule has 5 aromatic rings. The van der Waals surface area contributed by atoms with Crippen molar-refractivity contribution < 1.29 is 5.11 Å². The number of nitrogens with one attached hydrogen (secondary N) is 2. The molecule has 1 heterocycles. The monoisotopic (exact) mass is 517 g/mol. The zero-order chi connectivity index (χ0) is 27.4. The summed E-state index contributed by atoms with van der Waals surface area (Å²) < 4.78 is 0. The molecule has 0 aliphatic heterocycles. The number of nitrogens with zero attached hydrogens (tertiary/aromatic N) is 1. The van der Waals surface area contributed by atoms with E-state index in [-0.39, 0.29) is 5.56 Å². The fraction of sp³-hybridized carbons (Fsp3) is 0.206. The Kier molecular flexibility index (Phi) is 7.92. The zero-order valence-electron chi connectivity index (χ0n) is 22.7. The Hall–Kier alpha value is -4.19. The number of rotatable bonds is 9. The summed E-state index contributed by atoms with van der Waals surface area (Å²) >= 11 is 0.